The summed E-state index contributed by atoms with van der Waals surface area (Å²) in [6.45, 7) is 16.4. The van der Waals surface area contributed by atoms with E-state index >= 15 is 0 Å². The first kappa shape index (κ1) is 44.6. The highest BCUT2D eigenvalue weighted by molar-refractivity contribution is 5.96. The zero-order chi connectivity index (χ0) is 48.1. The minimum absolute atomic E-state index is 0.373. The molecule has 15 nitrogen and oxygen atoms in total. The number of aryl methyl sites for hydroxylation is 2. The summed E-state index contributed by atoms with van der Waals surface area (Å²) in [5.74, 6) is 1.87. The Labute approximate surface area is 404 Å². The van der Waals surface area contributed by atoms with Crippen molar-refractivity contribution < 1.29 is 0 Å². The fourth-order valence-electron chi connectivity index (χ4n) is 8.33. The number of hydrogen-bond donors (Lipinski definition) is 5. The second kappa shape index (κ2) is 19.5. The summed E-state index contributed by atoms with van der Waals surface area (Å²) >= 11 is 0. The number of pyridine rings is 7. The fourth-order valence-corrected chi connectivity index (χ4v) is 8.33. The highest BCUT2D eigenvalue weighted by atomic mass is 15.2. The largest absolute Gasteiger partial charge is 0.358 e. The maximum atomic E-state index is 4.89. The second-order valence-corrected chi connectivity index (χ2v) is 16.9. The van der Waals surface area contributed by atoms with Crippen LogP contribution in [0.5, 0.6) is 0 Å². The van der Waals surface area contributed by atoms with Gasteiger partial charge in [0.05, 0.1) is 69.5 Å². The van der Waals surface area contributed by atoms with Crippen LogP contribution in [0.15, 0.2) is 160 Å². The van der Waals surface area contributed by atoms with Crippen LogP contribution in [0.3, 0.4) is 0 Å². The number of allylic oxidation sites excluding steroid dienone is 4. The van der Waals surface area contributed by atoms with Crippen molar-refractivity contribution in [1.82, 2.24) is 65.3 Å². The highest BCUT2D eigenvalue weighted by Gasteiger charge is 2.22. The van der Waals surface area contributed by atoms with E-state index in [-0.39, 0.29) is 0 Å². The Hall–Kier alpha value is -9.24. The maximum Gasteiger partial charge on any atom is 0.159 e. The Morgan fingerprint density at radius 3 is 2.29 bits per heavy atom. The number of nitrogens with zero attached hydrogens (tertiary/aromatic N) is 10. The van der Waals surface area contributed by atoms with Crippen molar-refractivity contribution in [2.45, 2.75) is 40.5 Å². The standard InChI is InChI=1S/C30H28N8.C25H21N7/c1-4-18(2)19(3)35-21-13-20(15-31-16-21)27-14-24-28(17-34-27)37-38-29(24)26-9-8-23-22(10-12-33-30(23)36-26)25-7-5-6-11-32-25;1-4-7-17(20-8-5-6-10-27-20)23-16(3)29-25(30-23)24-18-12-21(28-14-22(18)31-32-24)19-13-26-11-9-15(19)2/h5-7,9-18,35H,3-4,8H2,1-2H3,(H,33,36)(H,37,38);4-14H,1H2,2-3H3,(H,29,30)(H,31,32)/b;17-7-. The lowest BCUT2D eigenvalue weighted by atomic mass is 9.98. The molecule has 1 aliphatic heterocycles. The first-order valence-corrected chi connectivity index (χ1v) is 22.9. The summed E-state index contributed by atoms with van der Waals surface area (Å²) < 4.78 is 0. The van der Waals surface area contributed by atoms with Crippen LogP contribution in [-0.4, -0.2) is 65.3 Å². The molecule has 0 saturated carbocycles. The SMILES string of the molecule is C=C(Nc1cncc(-c2cc3c(C4=CCc5c(-c6ccccn6)ccnc5N4)n[nH]c3cn2)c1)C(C)CC.C=C/C=C(/c1ccccn1)c1nc(-c2n[nH]c3cnc(-c4cnccc4C)cc23)[nH]c1C. The normalized spacial score (nSPS) is 12.6. The number of imidazole rings is 1. The highest BCUT2D eigenvalue weighted by Crippen LogP contribution is 2.36. The van der Waals surface area contributed by atoms with Gasteiger partial charge in [0.1, 0.15) is 17.2 Å². The Kier molecular flexibility index (Phi) is 12.4. The van der Waals surface area contributed by atoms with E-state index in [1.54, 1.807) is 30.9 Å². The zero-order valence-electron chi connectivity index (χ0n) is 39.2. The van der Waals surface area contributed by atoms with Gasteiger partial charge < -0.3 is 15.6 Å². The molecule has 1 aliphatic rings. The molecule has 5 N–H and O–H groups in total. The van der Waals surface area contributed by atoms with Gasteiger partial charge in [-0.05, 0) is 92.8 Å². The molecule has 0 amide bonds. The van der Waals surface area contributed by atoms with Crippen molar-refractivity contribution in [2.24, 2.45) is 5.92 Å². The van der Waals surface area contributed by atoms with Gasteiger partial charge in [-0.15, -0.1) is 0 Å². The fraction of sp³-hybridized carbons (Fsp3) is 0.127. The van der Waals surface area contributed by atoms with Crippen LogP contribution in [-0.2, 0) is 6.42 Å². The summed E-state index contributed by atoms with van der Waals surface area (Å²) in [5.41, 5.74) is 17.3. The van der Waals surface area contributed by atoms with Gasteiger partial charge in [-0.3, -0.25) is 40.1 Å². The van der Waals surface area contributed by atoms with Gasteiger partial charge in [0.2, 0.25) is 0 Å². The van der Waals surface area contributed by atoms with Crippen molar-refractivity contribution in [1.29, 1.82) is 0 Å². The Bertz CT molecular complexity index is 3600. The van der Waals surface area contributed by atoms with E-state index in [0.29, 0.717) is 11.7 Å². The van der Waals surface area contributed by atoms with Crippen LogP contribution in [0, 0.1) is 19.8 Å². The van der Waals surface area contributed by atoms with Crippen molar-refractivity contribution in [3.63, 3.8) is 0 Å². The van der Waals surface area contributed by atoms with Crippen LogP contribution in [0.1, 0.15) is 54.2 Å². The number of fused-ring (bicyclic) bond motifs is 3. The Morgan fingerprint density at radius 1 is 0.757 bits per heavy atom. The minimum Gasteiger partial charge on any atom is -0.358 e. The molecule has 11 heterocycles. The van der Waals surface area contributed by atoms with Gasteiger partial charge in [0.25, 0.3) is 0 Å². The van der Waals surface area contributed by atoms with Gasteiger partial charge in [-0.1, -0.05) is 57.4 Å². The first-order chi connectivity index (χ1) is 34.3. The summed E-state index contributed by atoms with van der Waals surface area (Å²) in [7, 11) is 0. The van der Waals surface area contributed by atoms with Crippen molar-refractivity contribution in [3.05, 3.63) is 193 Å². The number of H-pyrrole nitrogens is 3. The summed E-state index contributed by atoms with van der Waals surface area (Å²) in [4.78, 5) is 39.8. The van der Waals surface area contributed by atoms with Crippen LogP contribution >= 0.6 is 0 Å². The van der Waals surface area contributed by atoms with Gasteiger partial charge in [-0.25, -0.2) is 9.97 Å². The molecule has 0 spiro atoms. The van der Waals surface area contributed by atoms with Gasteiger partial charge in [0, 0.05) is 87.2 Å². The molecule has 10 aromatic heterocycles. The monoisotopic (exact) mass is 919 g/mol. The molecule has 11 rings (SSSR count). The molecular formula is C55H49N15. The Morgan fingerprint density at radius 2 is 1.53 bits per heavy atom. The third kappa shape index (κ3) is 8.98. The molecule has 70 heavy (non-hydrogen) atoms. The van der Waals surface area contributed by atoms with E-state index in [0.717, 1.165) is 136 Å². The average molecular weight is 920 g/mol. The number of rotatable bonds is 12. The number of anilines is 2. The van der Waals surface area contributed by atoms with Gasteiger partial charge >= 0.3 is 0 Å². The van der Waals surface area contributed by atoms with Crippen LogP contribution < -0.4 is 10.6 Å². The van der Waals surface area contributed by atoms with Gasteiger partial charge in [0.15, 0.2) is 5.82 Å². The summed E-state index contributed by atoms with van der Waals surface area (Å²) in [6.07, 6.45) is 23.8. The molecule has 0 radical (unpaired) electrons. The summed E-state index contributed by atoms with van der Waals surface area (Å²) in [6, 6.07) is 21.9. The molecule has 0 bridgehead atoms. The zero-order valence-corrected chi connectivity index (χ0v) is 39.2. The quantitative estimate of drug-likeness (QED) is 0.0727. The lowest BCUT2D eigenvalue weighted by Gasteiger charge is -2.20. The van der Waals surface area contributed by atoms with Crippen LogP contribution in [0.2, 0.25) is 0 Å². The van der Waals surface area contributed by atoms with E-state index < -0.39 is 0 Å². The average Bonchev–Trinajstić information content (AvgIpc) is 4.14. The number of nitrogens with one attached hydrogen (secondary N) is 5. The third-order valence-corrected chi connectivity index (χ3v) is 12.4. The van der Waals surface area contributed by atoms with Gasteiger partial charge in [-0.2, -0.15) is 10.2 Å². The topological polar surface area (TPSA) is 200 Å². The number of aromatic amines is 3. The van der Waals surface area contributed by atoms with Crippen molar-refractivity contribution in [3.8, 4) is 45.3 Å². The molecule has 0 fully saturated rings. The molecule has 10 aromatic rings. The molecule has 0 aliphatic carbocycles. The van der Waals surface area contributed by atoms with Crippen LogP contribution in [0.25, 0.3) is 78.4 Å². The molecule has 344 valence electrons. The summed E-state index contributed by atoms with van der Waals surface area (Å²) in [5, 5.41) is 24.1. The molecule has 1 unspecified atom stereocenters. The van der Waals surface area contributed by atoms with E-state index in [1.807, 2.05) is 118 Å². The van der Waals surface area contributed by atoms with E-state index in [9.17, 15) is 0 Å². The lowest BCUT2D eigenvalue weighted by Crippen LogP contribution is -2.11. The molecule has 0 aromatic carbocycles. The van der Waals surface area contributed by atoms with E-state index in [4.69, 9.17) is 4.98 Å². The molecule has 1 atom stereocenters. The smallest absolute Gasteiger partial charge is 0.159 e. The number of aromatic nitrogens is 13. The minimum atomic E-state index is 0.373. The lowest BCUT2D eigenvalue weighted by molar-refractivity contribution is 0.662. The predicted octanol–water partition coefficient (Wildman–Crippen LogP) is 11.5. The van der Waals surface area contributed by atoms with Crippen molar-refractivity contribution >= 4 is 44.6 Å². The maximum absolute atomic E-state index is 4.89. The predicted molar refractivity (Wildman–Crippen MR) is 278 cm³/mol. The Balaban J connectivity index is 0.000000165. The molecule has 0 saturated heterocycles. The van der Waals surface area contributed by atoms with E-state index in [2.05, 4.69) is 104 Å². The number of hydrogen-bond acceptors (Lipinski definition) is 12. The third-order valence-electron chi connectivity index (χ3n) is 12.4. The van der Waals surface area contributed by atoms with Crippen LogP contribution in [0.4, 0.5) is 11.5 Å². The molecule has 15 heteroatoms. The molecular weight excluding hydrogens is 871 g/mol. The second-order valence-electron chi connectivity index (χ2n) is 16.9. The van der Waals surface area contributed by atoms with E-state index in [1.165, 1.54) is 0 Å². The van der Waals surface area contributed by atoms with Crippen molar-refractivity contribution in [2.75, 3.05) is 10.6 Å². The first-order valence-electron chi connectivity index (χ1n) is 22.9.